The van der Waals surface area contributed by atoms with Crippen LogP contribution in [0.3, 0.4) is 0 Å². The van der Waals surface area contributed by atoms with E-state index in [0.29, 0.717) is 30.3 Å². The Bertz CT molecular complexity index is 920. The van der Waals surface area contributed by atoms with Gasteiger partial charge in [-0.15, -0.1) is 0 Å². The van der Waals surface area contributed by atoms with Crippen LogP contribution in [0.25, 0.3) is 0 Å². The smallest absolute Gasteiger partial charge is 0.219 e. The van der Waals surface area contributed by atoms with Crippen molar-refractivity contribution in [3.05, 3.63) is 46.8 Å². The van der Waals surface area contributed by atoms with Gasteiger partial charge >= 0.3 is 0 Å². The summed E-state index contributed by atoms with van der Waals surface area (Å²) in [5.74, 6) is 1.39. The number of anilines is 2. The Hall–Kier alpha value is -3.47. The van der Waals surface area contributed by atoms with Crippen LogP contribution in [0.15, 0.2) is 24.4 Å². The Labute approximate surface area is 163 Å². The molecule has 1 N–H and O–H groups in total. The topological polar surface area (TPSA) is 102 Å². The number of fused-ring (bicyclic) bond motifs is 1. The molecule has 144 valence electrons. The minimum atomic E-state index is -0.0599. The number of aldehydes is 1. The fraction of sp³-hybridized carbons (Fsp3) is 0.350. The number of hydrogen-bond donors (Lipinski definition) is 1. The molecular weight excluding hydrogens is 356 g/mol. The van der Waals surface area contributed by atoms with Gasteiger partial charge in [0.1, 0.15) is 23.4 Å². The number of carbonyl (C=O) groups excluding carboxylic acids is 2. The highest BCUT2D eigenvalue weighted by Gasteiger charge is 2.21. The van der Waals surface area contributed by atoms with Crippen LogP contribution in [0, 0.1) is 11.3 Å². The maximum atomic E-state index is 11.6. The summed E-state index contributed by atoms with van der Waals surface area (Å²) in [5, 5.41) is 12.1. The zero-order valence-corrected chi connectivity index (χ0v) is 16.0. The fourth-order valence-electron chi connectivity index (χ4n) is 3.12. The van der Waals surface area contributed by atoms with Crippen molar-refractivity contribution in [1.29, 1.82) is 5.26 Å². The molecule has 1 aliphatic rings. The molecule has 0 aliphatic carbocycles. The minimum Gasteiger partial charge on any atom is -0.353 e. The summed E-state index contributed by atoms with van der Waals surface area (Å²) in [6, 6.07) is 7.49. The lowest BCUT2D eigenvalue weighted by molar-refractivity contribution is -0.128. The molecule has 8 heteroatoms. The van der Waals surface area contributed by atoms with Gasteiger partial charge in [-0.05, 0) is 36.6 Å². The average molecular weight is 378 g/mol. The summed E-state index contributed by atoms with van der Waals surface area (Å²) in [6.45, 7) is 3.16. The van der Waals surface area contributed by atoms with Gasteiger partial charge in [-0.2, -0.15) is 5.26 Å². The molecule has 1 aliphatic heterocycles. The molecule has 3 rings (SSSR count). The van der Waals surface area contributed by atoms with E-state index in [2.05, 4.69) is 20.2 Å². The van der Waals surface area contributed by atoms with Crippen molar-refractivity contribution in [2.75, 3.05) is 30.5 Å². The predicted octanol–water partition coefficient (Wildman–Crippen LogP) is 1.96. The number of nitrogens with zero attached hydrogens (tertiary/aromatic N) is 5. The van der Waals surface area contributed by atoms with E-state index in [4.69, 9.17) is 5.26 Å². The van der Waals surface area contributed by atoms with E-state index < -0.39 is 0 Å². The number of amides is 1. The van der Waals surface area contributed by atoms with Gasteiger partial charge in [0.2, 0.25) is 5.91 Å². The van der Waals surface area contributed by atoms with Crippen LogP contribution in [0.2, 0.25) is 0 Å². The summed E-state index contributed by atoms with van der Waals surface area (Å²) in [7, 11) is 1.71. The first-order valence-electron chi connectivity index (χ1n) is 9.06. The molecule has 0 unspecified atom stereocenters. The Balaban J connectivity index is 1.79. The first-order valence-corrected chi connectivity index (χ1v) is 9.06. The molecule has 0 aromatic carbocycles. The zero-order chi connectivity index (χ0) is 20.1. The number of aryl methyl sites for hydroxylation is 1. The fourth-order valence-corrected chi connectivity index (χ4v) is 3.12. The van der Waals surface area contributed by atoms with Crippen molar-refractivity contribution in [3.63, 3.8) is 0 Å². The van der Waals surface area contributed by atoms with Gasteiger partial charge in [0.05, 0.1) is 12.2 Å². The van der Waals surface area contributed by atoms with Crippen LogP contribution >= 0.6 is 0 Å². The second-order valence-corrected chi connectivity index (χ2v) is 6.75. The Morgan fingerprint density at radius 1 is 1.46 bits per heavy atom. The lowest BCUT2D eigenvalue weighted by Gasteiger charge is -2.31. The van der Waals surface area contributed by atoms with Gasteiger partial charge < -0.3 is 15.1 Å². The van der Waals surface area contributed by atoms with Gasteiger partial charge in [0, 0.05) is 38.8 Å². The third kappa shape index (κ3) is 4.26. The molecule has 1 amide bonds. The van der Waals surface area contributed by atoms with Gasteiger partial charge in [-0.25, -0.2) is 9.97 Å². The average Bonchev–Trinajstić information content (AvgIpc) is 2.71. The summed E-state index contributed by atoms with van der Waals surface area (Å²) < 4.78 is 0. The van der Waals surface area contributed by atoms with E-state index in [1.165, 1.54) is 13.1 Å². The number of aromatic nitrogens is 2. The van der Waals surface area contributed by atoms with Crippen molar-refractivity contribution in [2.45, 2.75) is 26.3 Å². The van der Waals surface area contributed by atoms with E-state index in [1.807, 2.05) is 12.1 Å². The Morgan fingerprint density at radius 2 is 2.29 bits per heavy atom. The molecule has 8 nitrogen and oxygen atoms in total. The summed E-state index contributed by atoms with van der Waals surface area (Å²) in [4.78, 5) is 35.5. The number of rotatable bonds is 6. The zero-order valence-electron chi connectivity index (χ0n) is 16.0. The lowest BCUT2D eigenvalue weighted by Crippen LogP contribution is -2.35. The van der Waals surface area contributed by atoms with Crippen molar-refractivity contribution >= 4 is 23.8 Å². The molecule has 0 spiro atoms. The Kier molecular flexibility index (Phi) is 5.84. The van der Waals surface area contributed by atoms with Gasteiger partial charge in [0.15, 0.2) is 6.29 Å². The van der Waals surface area contributed by atoms with Crippen LogP contribution in [0.5, 0.6) is 0 Å². The number of nitriles is 1. The predicted molar refractivity (Wildman–Crippen MR) is 105 cm³/mol. The highest BCUT2D eigenvalue weighted by atomic mass is 16.2. The number of hydrogen-bond acceptors (Lipinski definition) is 7. The monoisotopic (exact) mass is 378 g/mol. The highest BCUT2D eigenvalue weighted by Crippen LogP contribution is 2.27. The van der Waals surface area contributed by atoms with E-state index in [0.717, 1.165) is 42.6 Å². The van der Waals surface area contributed by atoms with E-state index >= 15 is 0 Å². The summed E-state index contributed by atoms with van der Waals surface area (Å²) in [5.41, 5.74) is 2.69. The van der Waals surface area contributed by atoms with E-state index in [1.54, 1.807) is 24.1 Å². The number of nitrogens with one attached hydrogen (secondary N) is 1. The van der Waals surface area contributed by atoms with Crippen LogP contribution in [-0.2, 0) is 17.8 Å². The molecular formula is C20H22N6O2. The standard InChI is InChI=1S/C20H22N6O2/c1-14(28)25(2)11-17-8-16-4-3-7-26(20(16)24-18(17)12-27)13-23-19-6-5-15(9-21)10-22-19/h5-6,8,10,12H,3-4,7,11,13H2,1-2H3,(H,22,23). The normalized spacial score (nSPS) is 12.7. The molecule has 0 fully saturated rings. The highest BCUT2D eigenvalue weighted by molar-refractivity contribution is 5.77. The summed E-state index contributed by atoms with van der Waals surface area (Å²) >= 11 is 0. The number of pyridine rings is 2. The molecule has 0 atom stereocenters. The second-order valence-electron chi connectivity index (χ2n) is 6.75. The molecule has 0 bridgehead atoms. The first-order chi connectivity index (χ1) is 13.5. The molecule has 0 saturated heterocycles. The molecule has 3 heterocycles. The molecule has 2 aromatic rings. The summed E-state index contributed by atoms with van der Waals surface area (Å²) in [6.07, 6.45) is 4.11. The van der Waals surface area contributed by atoms with Crippen LogP contribution in [0.1, 0.15) is 40.5 Å². The third-order valence-corrected chi connectivity index (χ3v) is 4.77. The largest absolute Gasteiger partial charge is 0.353 e. The first kappa shape index (κ1) is 19.3. The minimum absolute atomic E-state index is 0.0599. The van der Waals surface area contributed by atoms with Crippen molar-refractivity contribution in [2.24, 2.45) is 0 Å². The van der Waals surface area contributed by atoms with Gasteiger partial charge in [-0.1, -0.05) is 0 Å². The maximum absolute atomic E-state index is 11.6. The molecule has 2 aromatic heterocycles. The van der Waals surface area contributed by atoms with Crippen molar-refractivity contribution in [1.82, 2.24) is 14.9 Å². The number of carbonyl (C=O) groups is 2. The van der Waals surface area contributed by atoms with Gasteiger partial charge in [0.25, 0.3) is 0 Å². The SMILES string of the molecule is CC(=O)N(C)Cc1cc2c(nc1C=O)N(CNc1ccc(C#N)cn1)CCC2. The molecule has 0 radical (unpaired) electrons. The molecule has 0 saturated carbocycles. The lowest BCUT2D eigenvalue weighted by atomic mass is 10.0. The van der Waals surface area contributed by atoms with Crippen LogP contribution in [0.4, 0.5) is 11.6 Å². The molecule has 28 heavy (non-hydrogen) atoms. The van der Waals surface area contributed by atoms with Crippen molar-refractivity contribution < 1.29 is 9.59 Å². The second kappa shape index (κ2) is 8.48. The van der Waals surface area contributed by atoms with Crippen LogP contribution < -0.4 is 10.2 Å². The Morgan fingerprint density at radius 3 is 2.93 bits per heavy atom. The van der Waals surface area contributed by atoms with E-state index in [9.17, 15) is 9.59 Å². The van der Waals surface area contributed by atoms with Gasteiger partial charge in [-0.3, -0.25) is 9.59 Å². The quantitative estimate of drug-likeness (QED) is 0.767. The third-order valence-electron chi connectivity index (χ3n) is 4.77. The van der Waals surface area contributed by atoms with Crippen LogP contribution in [-0.4, -0.2) is 47.3 Å². The maximum Gasteiger partial charge on any atom is 0.219 e. The van der Waals surface area contributed by atoms with Crippen molar-refractivity contribution in [3.8, 4) is 6.07 Å². The van der Waals surface area contributed by atoms with E-state index in [-0.39, 0.29) is 5.91 Å².